The molecule has 0 saturated heterocycles. The lowest BCUT2D eigenvalue weighted by molar-refractivity contribution is 0.0952. The van der Waals surface area contributed by atoms with Gasteiger partial charge in [-0.15, -0.1) is 0 Å². The van der Waals surface area contributed by atoms with Gasteiger partial charge in [-0.05, 0) is 24.3 Å². The maximum absolute atomic E-state index is 12.1. The number of hydrogen-bond acceptors (Lipinski definition) is 5. The van der Waals surface area contributed by atoms with Crippen molar-refractivity contribution < 1.29 is 19.4 Å². The van der Waals surface area contributed by atoms with Gasteiger partial charge in [0.05, 0.1) is 19.8 Å². The topological polar surface area (TPSA) is 67.8 Å². The zero-order valence-corrected chi connectivity index (χ0v) is 12.7. The predicted octanol–water partition coefficient (Wildman–Crippen LogP) is 1.55. The van der Waals surface area contributed by atoms with Gasteiger partial charge in [0.2, 0.25) is 0 Å². The number of hydrogen-bond donors (Lipinski definition) is 2. The lowest BCUT2D eigenvalue weighted by Crippen LogP contribution is -2.26. The molecule has 0 atom stereocenters. The van der Waals surface area contributed by atoms with Gasteiger partial charge < -0.3 is 19.9 Å². The van der Waals surface area contributed by atoms with Crippen molar-refractivity contribution in [2.75, 3.05) is 38.9 Å². The average Bonchev–Trinajstić information content (AvgIpc) is 2.49. The summed E-state index contributed by atoms with van der Waals surface area (Å²) in [5.41, 5.74) is 0.465. The molecule has 0 spiro atoms. The van der Waals surface area contributed by atoms with Crippen molar-refractivity contribution in [3.8, 4) is 11.5 Å². The smallest absolute Gasteiger partial charge is 0.255 e. The van der Waals surface area contributed by atoms with Gasteiger partial charge >= 0.3 is 0 Å². The summed E-state index contributed by atoms with van der Waals surface area (Å²) in [6.07, 6.45) is 0.780. The highest BCUT2D eigenvalue weighted by Crippen LogP contribution is 2.30. The lowest BCUT2D eigenvalue weighted by atomic mass is 10.1. The fourth-order valence-electron chi connectivity index (χ4n) is 1.67. The highest BCUT2D eigenvalue weighted by atomic mass is 32.2. The Kier molecular flexibility index (Phi) is 7.91. The fraction of sp³-hybridized carbons (Fsp3) is 0.500. The van der Waals surface area contributed by atoms with Crippen molar-refractivity contribution >= 4 is 17.7 Å². The molecule has 0 bridgehead atoms. The Morgan fingerprint density at radius 2 is 2.10 bits per heavy atom. The molecule has 0 unspecified atom stereocenters. The van der Waals surface area contributed by atoms with Crippen molar-refractivity contribution in [3.05, 3.63) is 23.8 Å². The number of rotatable bonds is 9. The van der Waals surface area contributed by atoms with Gasteiger partial charge in [-0.2, -0.15) is 11.8 Å². The third kappa shape index (κ3) is 4.94. The Morgan fingerprint density at radius 3 is 2.75 bits per heavy atom. The largest absolute Gasteiger partial charge is 0.493 e. The minimum atomic E-state index is -0.177. The third-order valence-electron chi connectivity index (χ3n) is 2.63. The average molecular weight is 299 g/mol. The first-order valence-corrected chi connectivity index (χ1v) is 7.57. The minimum absolute atomic E-state index is 0.177. The second-order valence-corrected chi connectivity index (χ2v) is 5.21. The molecule has 1 aromatic rings. The summed E-state index contributed by atoms with van der Waals surface area (Å²) in [5, 5.41) is 11.5. The van der Waals surface area contributed by atoms with Gasteiger partial charge in [0.1, 0.15) is 0 Å². The number of amides is 1. The minimum Gasteiger partial charge on any atom is -0.493 e. The standard InChI is InChI=1S/C14H21NO4S/c1-18-12-6-3-5-11(13(12)19-2)14(17)15-7-10-20-9-4-8-16/h3,5-6,16H,4,7-10H2,1-2H3,(H,15,17). The number of benzene rings is 1. The lowest BCUT2D eigenvalue weighted by Gasteiger charge is -2.12. The van der Waals surface area contributed by atoms with E-state index in [1.807, 2.05) is 0 Å². The van der Waals surface area contributed by atoms with Crippen LogP contribution in [0.1, 0.15) is 16.8 Å². The van der Waals surface area contributed by atoms with Crippen LogP contribution in [0.15, 0.2) is 18.2 Å². The van der Waals surface area contributed by atoms with Crippen LogP contribution >= 0.6 is 11.8 Å². The molecule has 1 aromatic carbocycles. The van der Waals surface area contributed by atoms with Crippen LogP contribution in [0.25, 0.3) is 0 Å². The molecular weight excluding hydrogens is 278 g/mol. The second kappa shape index (κ2) is 9.50. The van der Waals surface area contributed by atoms with Crippen LogP contribution in [-0.2, 0) is 0 Å². The Balaban J connectivity index is 2.51. The molecule has 20 heavy (non-hydrogen) atoms. The summed E-state index contributed by atoms with van der Waals surface area (Å²) in [6.45, 7) is 0.787. The highest BCUT2D eigenvalue weighted by molar-refractivity contribution is 7.99. The number of ether oxygens (including phenoxy) is 2. The molecule has 0 aliphatic heterocycles. The van der Waals surface area contributed by atoms with E-state index >= 15 is 0 Å². The van der Waals surface area contributed by atoms with E-state index in [0.29, 0.717) is 23.6 Å². The van der Waals surface area contributed by atoms with Crippen LogP contribution < -0.4 is 14.8 Å². The molecule has 1 amide bonds. The van der Waals surface area contributed by atoms with Gasteiger partial charge in [-0.25, -0.2) is 0 Å². The van der Waals surface area contributed by atoms with Crippen LogP contribution in [0.3, 0.4) is 0 Å². The Morgan fingerprint density at radius 1 is 1.30 bits per heavy atom. The summed E-state index contributed by atoms with van der Waals surface area (Å²) < 4.78 is 10.4. The van der Waals surface area contributed by atoms with E-state index in [1.54, 1.807) is 30.0 Å². The first-order valence-electron chi connectivity index (χ1n) is 6.42. The summed E-state index contributed by atoms with van der Waals surface area (Å²) in [5.74, 6) is 2.52. The normalized spacial score (nSPS) is 10.2. The molecule has 0 aliphatic carbocycles. The van der Waals surface area contributed by atoms with Crippen LogP contribution in [0.2, 0.25) is 0 Å². The maximum Gasteiger partial charge on any atom is 0.255 e. The van der Waals surface area contributed by atoms with E-state index in [1.165, 1.54) is 14.2 Å². The zero-order valence-electron chi connectivity index (χ0n) is 11.8. The van der Waals surface area contributed by atoms with Crippen LogP contribution in [0.4, 0.5) is 0 Å². The van der Waals surface area contributed by atoms with Gasteiger partial charge in [0, 0.05) is 18.9 Å². The number of methoxy groups -OCH3 is 2. The SMILES string of the molecule is COc1cccc(C(=O)NCCSCCCO)c1OC. The molecule has 0 radical (unpaired) electrons. The molecule has 0 aliphatic rings. The highest BCUT2D eigenvalue weighted by Gasteiger charge is 2.15. The molecule has 6 heteroatoms. The molecule has 2 N–H and O–H groups in total. The summed E-state index contributed by atoms with van der Waals surface area (Å²) >= 11 is 1.70. The Bertz CT molecular complexity index is 426. The van der Waals surface area contributed by atoms with Crippen LogP contribution in [-0.4, -0.2) is 49.9 Å². The van der Waals surface area contributed by atoms with Gasteiger partial charge in [0.15, 0.2) is 11.5 Å². The monoisotopic (exact) mass is 299 g/mol. The zero-order chi connectivity index (χ0) is 14.8. The van der Waals surface area contributed by atoms with E-state index < -0.39 is 0 Å². The second-order valence-electron chi connectivity index (χ2n) is 3.99. The Hall–Kier alpha value is -1.40. The van der Waals surface area contributed by atoms with Crippen molar-refractivity contribution in [2.45, 2.75) is 6.42 Å². The van der Waals surface area contributed by atoms with E-state index in [4.69, 9.17) is 14.6 Å². The Labute approximate surface area is 123 Å². The first kappa shape index (κ1) is 16.7. The maximum atomic E-state index is 12.1. The van der Waals surface area contributed by atoms with Gasteiger partial charge in [-0.1, -0.05) is 6.07 Å². The molecule has 0 saturated carbocycles. The molecule has 5 nitrogen and oxygen atoms in total. The number of nitrogens with one attached hydrogen (secondary N) is 1. The predicted molar refractivity (Wildman–Crippen MR) is 80.9 cm³/mol. The molecule has 112 valence electrons. The van der Waals surface area contributed by atoms with Crippen LogP contribution in [0, 0.1) is 0 Å². The van der Waals surface area contributed by atoms with Crippen molar-refractivity contribution in [1.29, 1.82) is 0 Å². The summed E-state index contributed by atoms with van der Waals surface area (Å²) in [4.78, 5) is 12.1. The summed E-state index contributed by atoms with van der Waals surface area (Å²) in [6, 6.07) is 5.21. The van der Waals surface area contributed by atoms with Crippen LogP contribution in [0.5, 0.6) is 11.5 Å². The van der Waals surface area contributed by atoms with Crippen molar-refractivity contribution in [2.24, 2.45) is 0 Å². The third-order valence-corrected chi connectivity index (χ3v) is 3.70. The van der Waals surface area contributed by atoms with Gasteiger partial charge in [-0.3, -0.25) is 4.79 Å². The molecule has 0 heterocycles. The number of aliphatic hydroxyl groups is 1. The molecule has 0 fully saturated rings. The number of carbonyl (C=O) groups is 1. The van der Waals surface area contributed by atoms with E-state index in [0.717, 1.165) is 17.9 Å². The van der Waals surface area contributed by atoms with Crippen molar-refractivity contribution in [3.63, 3.8) is 0 Å². The number of thioether (sulfide) groups is 1. The van der Waals surface area contributed by atoms with E-state index in [9.17, 15) is 4.79 Å². The van der Waals surface area contributed by atoms with Crippen molar-refractivity contribution in [1.82, 2.24) is 5.32 Å². The number of para-hydroxylation sites is 1. The van der Waals surface area contributed by atoms with Gasteiger partial charge in [0.25, 0.3) is 5.91 Å². The molecular formula is C14H21NO4S. The summed E-state index contributed by atoms with van der Waals surface area (Å²) in [7, 11) is 3.05. The quantitative estimate of drug-likeness (QED) is 0.677. The number of aliphatic hydroxyl groups excluding tert-OH is 1. The first-order chi connectivity index (χ1) is 9.74. The molecule has 0 aromatic heterocycles. The van der Waals surface area contributed by atoms with E-state index in [2.05, 4.69) is 5.32 Å². The molecule has 1 rings (SSSR count). The fourth-order valence-corrected chi connectivity index (χ4v) is 2.45. The van der Waals surface area contributed by atoms with E-state index in [-0.39, 0.29) is 12.5 Å². The number of carbonyl (C=O) groups excluding carboxylic acids is 1.